The quantitative estimate of drug-likeness (QED) is 0.834. The van der Waals surface area contributed by atoms with Crippen LogP contribution in [0.2, 0.25) is 0 Å². The number of nitrogens with zero attached hydrogens (tertiary/aromatic N) is 1. The first kappa shape index (κ1) is 15.0. The normalized spacial score (nSPS) is 11.1. The molecule has 100 valence electrons. The minimum absolute atomic E-state index is 0.0403. The Morgan fingerprint density at radius 3 is 2.67 bits per heavy atom. The number of anilines is 1. The highest BCUT2D eigenvalue weighted by Gasteiger charge is 2.09. The highest BCUT2D eigenvalue weighted by molar-refractivity contribution is 9.10. The summed E-state index contributed by atoms with van der Waals surface area (Å²) in [5, 5.41) is 0. The molecule has 0 bridgehead atoms. The Bertz CT molecular complexity index is 531. The van der Waals surface area contributed by atoms with Crippen LogP contribution in [0.4, 0.5) is 5.69 Å². The molecule has 0 heterocycles. The Labute approximate surface area is 115 Å². The molecule has 1 N–H and O–H groups in total. The lowest BCUT2D eigenvalue weighted by Gasteiger charge is -2.15. The number of halogens is 1. The number of sulfonamides is 1. The van der Waals surface area contributed by atoms with Gasteiger partial charge in [-0.25, -0.2) is 8.42 Å². The summed E-state index contributed by atoms with van der Waals surface area (Å²) in [6.45, 7) is 1.93. The molecule has 1 amide bonds. The van der Waals surface area contributed by atoms with Gasteiger partial charge in [0.25, 0.3) is 0 Å². The topological polar surface area (TPSA) is 66.5 Å². The molecular formula is C11H15BrN2O3S. The predicted octanol–water partition coefficient (Wildman–Crippen LogP) is 1.76. The number of amides is 1. The number of carbonyl (C=O) groups excluding carboxylic acids is 1. The van der Waals surface area contributed by atoms with Crippen molar-refractivity contribution >= 4 is 37.5 Å². The van der Waals surface area contributed by atoms with Crippen LogP contribution in [0.5, 0.6) is 0 Å². The van der Waals surface area contributed by atoms with Gasteiger partial charge in [0, 0.05) is 26.2 Å². The van der Waals surface area contributed by atoms with Crippen molar-refractivity contribution in [2.45, 2.75) is 13.5 Å². The standard InChI is InChI=1S/C11H15BrN2O3S/c1-9(15)14(2)7-10-4-3-5-11(6-10)13-18(16,17)8-12/h3-6,13H,7-8H2,1-2H3. The summed E-state index contributed by atoms with van der Waals surface area (Å²) in [6, 6.07) is 6.96. The van der Waals surface area contributed by atoms with E-state index < -0.39 is 10.0 Å². The SMILES string of the molecule is CC(=O)N(C)Cc1cccc(NS(=O)(=O)CBr)c1. The summed E-state index contributed by atoms with van der Waals surface area (Å²) < 4.78 is 25.1. The molecule has 0 atom stereocenters. The molecule has 0 radical (unpaired) electrons. The largest absolute Gasteiger partial charge is 0.342 e. The van der Waals surface area contributed by atoms with Gasteiger partial charge in [-0.2, -0.15) is 0 Å². The van der Waals surface area contributed by atoms with Crippen LogP contribution in [-0.4, -0.2) is 30.9 Å². The van der Waals surface area contributed by atoms with Gasteiger partial charge in [-0.1, -0.05) is 28.1 Å². The summed E-state index contributed by atoms with van der Waals surface area (Å²) in [7, 11) is -1.66. The molecule has 7 heteroatoms. The van der Waals surface area contributed by atoms with E-state index in [-0.39, 0.29) is 10.6 Å². The summed E-state index contributed by atoms with van der Waals surface area (Å²) in [5.74, 6) is -0.0403. The molecule has 0 unspecified atom stereocenters. The van der Waals surface area contributed by atoms with Crippen molar-refractivity contribution in [3.05, 3.63) is 29.8 Å². The van der Waals surface area contributed by atoms with Crippen LogP contribution in [0.15, 0.2) is 24.3 Å². The summed E-state index contributed by atoms with van der Waals surface area (Å²) in [6.07, 6.45) is 0. The molecule has 0 aliphatic rings. The average Bonchev–Trinajstić information content (AvgIpc) is 2.28. The number of nitrogens with one attached hydrogen (secondary N) is 1. The zero-order chi connectivity index (χ0) is 13.8. The van der Waals surface area contributed by atoms with Crippen LogP contribution in [0.1, 0.15) is 12.5 Å². The number of hydrogen-bond acceptors (Lipinski definition) is 3. The number of alkyl halides is 1. The molecular weight excluding hydrogens is 320 g/mol. The third kappa shape index (κ3) is 4.66. The van der Waals surface area contributed by atoms with Gasteiger partial charge in [0.2, 0.25) is 15.9 Å². The second-order valence-corrected chi connectivity index (χ2v) is 6.93. The van der Waals surface area contributed by atoms with Gasteiger partial charge in [0.05, 0.1) is 0 Å². The predicted molar refractivity (Wildman–Crippen MR) is 74.9 cm³/mol. The van der Waals surface area contributed by atoms with Crippen molar-refractivity contribution in [3.63, 3.8) is 0 Å². The lowest BCUT2D eigenvalue weighted by molar-refractivity contribution is -0.128. The third-order valence-electron chi connectivity index (χ3n) is 2.30. The second kappa shape index (κ2) is 6.19. The van der Waals surface area contributed by atoms with Crippen molar-refractivity contribution in [3.8, 4) is 0 Å². The molecule has 1 aromatic carbocycles. The van der Waals surface area contributed by atoms with Crippen LogP contribution in [0.3, 0.4) is 0 Å². The number of benzene rings is 1. The maximum Gasteiger partial charge on any atom is 0.242 e. The highest BCUT2D eigenvalue weighted by Crippen LogP contribution is 2.14. The van der Waals surface area contributed by atoms with E-state index in [4.69, 9.17) is 0 Å². The van der Waals surface area contributed by atoms with Gasteiger partial charge in [-0.05, 0) is 17.7 Å². The van der Waals surface area contributed by atoms with Crippen LogP contribution >= 0.6 is 15.9 Å². The average molecular weight is 335 g/mol. The van der Waals surface area contributed by atoms with Crippen molar-refractivity contribution in [1.82, 2.24) is 4.90 Å². The Morgan fingerprint density at radius 2 is 2.11 bits per heavy atom. The Hall–Kier alpha value is -1.08. The third-order valence-corrected chi connectivity index (χ3v) is 4.94. The maximum absolute atomic E-state index is 11.4. The first-order valence-corrected chi connectivity index (χ1v) is 7.98. The van der Waals surface area contributed by atoms with E-state index in [1.165, 1.54) is 6.92 Å². The Balaban J connectivity index is 2.83. The fraction of sp³-hybridized carbons (Fsp3) is 0.364. The van der Waals surface area contributed by atoms with Crippen molar-refractivity contribution in [2.24, 2.45) is 0 Å². The van der Waals surface area contributed by atoms with E-state index in [1.807, 2.05) is 6.07 Å². The first-order chi connectivity index (χ1) is 8.34. The van der Waals surface area contributed by atoms with Crippen molar-refractivity contribution < 1.29 is 13.2 Å². The smallest absolute Gasteiger partial charge is 0.242 e. The van der Waals surface area contributed by atoms with Gasteiger partial charge in [0.1, 0.15) is 4.66 Å². The van der Waals surface area contributed by atoms with E-state index in [9.17, 15) is 13.2 Å². The minimum Gasteiger partial charge on any atom is -0.342 e. The van der Waals surface area contributed by atoms with Gasteiger partial charge in [0.15, 0.2) is 0 Å². The van der Waals surface area contributed by atoms with Crippen LogP contribution in [0.25, 0.3) is 0 Å². The molecule has 0 aromatic heterocycles. The van der Waals surface area contributed by atoms with Gasteiger partial charge in [-0.3, -0.25) is 9.52 Å². The van der Waals surface area contributed by atoms with E-state index in [1.54, 1.807) is 30.1 Å². The number of carbonyl (C=O) groups is 1. The number of rotatable bonds is 5. The molecule has 0 saturated carbocycles. The van der Waals surface area contributed by atoms with Crippen LogP contribution in [-0.2, 0) is 21.4 Å². The van der Waals surface area contributed by atoms with Gasteiger partial charge >= 0.3 is 0 Å². The Kier molecular flexibility index (Phi) is 5.15. The molecule has 1 aromatic rings. The first-order valence-electron chi connectivity index (χ1n) is 5.21. The van der Waals surface area contributed by atoms with E-state index in [0.717, 1.165) is 5.56 Å². The molecule has 0 spiro atoms. The second-order valence-electron chi connectivity index (χ2n) is 3.90. The lowest BCUT2D eigenvalue weighted by atomic mass is 10.2. The van der Waals surface area contributed by atoms with E-state index in [2.05, 4.69) is 20.7 Å². The number of hydrogen-bond donors (Lipinski definition) is 1. The van der Waals surface area contributed by atoms with Crippen molar-refractivity contribution in [2.75, 3.05) is 16.4 Å². The molecule has 0 aliphatic heterocycles. The molecule has 0 aliphatic carbocycles. The lowest BCUT2D eigenvalue weighted by Crippen LogP contribution is -2.23. The van der Waals surface area contributed by atoms with Crippen LogP contribution in [0, 0.1) is 0 Å². The van der Waals surface area contributed by atoms with Crippen molar-refractivity contribution in [1.29, 1.82) is 0 Å². The summed E-state index contributed by atoms with van der Waals surface area (Å²) in [4.78, 5) is 12.7. The zero-order valence-corrected chi connectivity index (χ0v) is 12.6. The Morgan fingerprint density at radius 1 is 1.44 bits per heavy atom. The minimum atomic E-state index is -3.35. The van der Waals surface area contributed by atoms with Gasteiger partial charge in [-0.15, -0.1) is 0 Å². The fourth-order valence-electron chi connectivity index (χ4n) is 1.33. The van der Waals surface area contributed by atoms with Crippen LogP contribution < -0.4 is 4.72 Å². The monoisotopic (exact) mass is 334 g/mol. The molecule has 1 rings (SSSR count). The fourth-order valence-corrected chi connectivity index (χ4v) is 2.21. The molecule has 0 fully saturated rings. The molecule has 0 saturated heterocycles. The summed E-state index contributed by atoms with van der Waals surface area (Å²) in [5.41, 5.74) is 1.35. The maximum atomic E-state index is 11.4. The van der Waals surface area contributed by atoms with E-state index >= 15 is 0 Å². The molecule has 5 nitrogen and oxygen atoms in total. The van der Waals surface area contributed by atoms with Gasteiger partial charge < -0.3 is 4.90 Å². The summed E-state index contributed by atoms with van der Waals surface area (Å²) >= 11 is 2.90. The molecule has 18 heavy (non-hydrogen) atoms. The highest BCUT2D eigenvalue weighted by atomic mass is 79.9. The zero-order valence-electron chi connectivity index (χ0n) is 10.2. The van der Waals surface area contributed by atoms with E-state index in [0.29, 0.717) is 12.2 Å².